The van der Waals surface area contributed by atoms with Crippen LogP contribution in [0.3, 0.4) is 0 Å². The van der Waals surface area contributed by atoms with Crippen molar-refractivity contribution in [3.8, 4) is 0 Å². The predicted octanol–water partition coefficient (Wildman–Crippen LogP) is 0.148. The maximum atomic E-state index is 12.5. The Kier molecular flexibility index (Phi) is 4.34. The molecule has 6 nitrogen and oxygen atoms in total. The Morgan fingerprint density at radius 2 is 2.05 bits per heavy atom. The second-order valence-corrected chi connectivity index (χ2v) is 5.37. The first-order chi connectivity index (χ1) is 9.49. The summed E-state index contributed by atoms with van der Waals surface area (Å²) >= 11 is 0. The first kappa shape index (κ1) is 14.5. The lowest BCUT2D eigenvalue weighted by Gasteiger charge is -2.24. The van der Waals surface area contributed by atoms with Crippen LogP contribution in [0.1, 0.15) is 30.6 Å². The summed E-state index contributed by atoms with van der Waals surface area (Å²) in [6, 6.07) is 2.67. The van der Waals surface area contributed by atoms with E-state index in [1.807, 2.05) is 13.8 Å². The van der Waals surface area contributed by atoms with Crippen molar-refractivity contribution in [1.82, 2.24) is 15.2 Å². The molecule has 2 rings (SSSR count). The van der Waals surface area contributed by atoms with Gasteiger partial charge in [0.1, 0.15) is 6.04 Å². The summed E-state index contributed by atoms with van der Waals surface area (Å²) in [7, 11) is 0. The van der Waals surface area contributed by atoms with E-state index in [-0.39, 0.29) is 23.9 Å². The molecular formula is C14H20N4O2. The Hall–Kier alpha value is -1.95. The largest absolute Gasteiger partial charge is 0.352 e. The SMILES string of the molecule is CC(C)NC(=O)[C@@H]1C[C@H](N)CN1C(=O)c1ccncc1. The normalized spacial score (nSPS) is 22.1. The number of aromatic nitrogens is 1. The van der Waals surface area contributed by atoms with E-state index in [2.05, 4.69) is 10.3 Å². The highest BCUT2D eigenvalue weighted by atomic mass is 16.2. The van der Waals surface area contributed by atoms with Crippen molar-refractivity contribution in [1.29, 1.82) is 0 Å². The number of hydrogen-bond acceptors (Lipinski definition) is 4. The predicted molar refractivity (Wildman–Crippen MR) is 74.9 cm³/mol. The molecule has 1 aromatic rings. The lowest BCUT2D eigenvalue weighted by Crippen LogP contribution is -2.47. The molecule has 3 N–H and O–H groups in total. The van der Waals surface area contributed by atoms with Crippen LogP contribution >= 0.6 is 0 Å². The molecule has 108 valence electrons. The van der Waals surface area contributed by atoms with E-state index >= 15 is 0 Å². The number of likely N-dealkylation sites (tertiary alicyclic amines) is 1. The van der Waals surface area contributed by atoms with Crippen LogP contribution in [0.4, 0.5) is 0 Å². The van der Waals surface area contributed by atoms with Crippen LogP contribution in [0.25, 0.3) is 0 Å². The third-order valence-corrected chi connectivity index (χ3v) is 3.26. The summed E-state index contributed by atoms with van der Waals surface area (Å²) in [4.78, 5) is 30.1. The zero-order valence-corrected chi connectivity index (χ0v) is 11.7. The average molecular weight is 276 g/mol. The van der Waals surface area contributed by atoms with Crippen LogP contribution in [0.2, 0.25) is 0 Å². The number of pyridine rings is 1. The Bertz CT molecular complexity index is 489. The second kappa shape index (κ2) is 6.00. The maximum absolute atomic E-state index is 12.5. The van der Waals surface area contributed by atoms with Gasteiger partial charge in [0.15, 0.2) is 0 Å². The number of nitrogens with one attached hydrogen (secondary N) is 1. The highest BCUT2D eigenvalue weighted by Gasteiger charge is 2.38. The van der Waals surface area contributed by atoms with Crippen LogP contribution < -0.4 is 11.1 Å². The lowest BCUT2D eigenvalue weighted by atomic mass is 10.1. The molecule has 0 radical (unpaired) electrons. The minimum Gasteiger partial charge on any atom is -0.352 e. The van der Waals surface area contributed by atoms with E-state index in [1.54, 1.807) is 29.4 Å². The van der Waals surface area contributed by atoms with Gasteiger partial charge in [0.05, 0.1) is 0 Å². The van der Waals surface area contributed by atoms with Gasteiger partial charge in [-0.25, -0.2) is 0 Å². The fourth-order valence-electron chi connectivity index (χ4n) is 2.38. The van der Waals surface area contributed by atoms with E-state index in [9.17, 15) is 9.59 Å². The fourth-order valence-corrected chi connectivity index (χ4v) is 2.38. The minimum atomic E-state index is -0.493. The van der Waals surface area contributed by atoms with E-state index in [4.69, 9.17) is 5.73 Å². The monoisotopic (exact) mass is 276 g/mol. The quantitative estimate of drug-likeness (QED) is 0.822. The highest BCUT2D eigenvalue weighted by molar-refractivity contribution is 5.98. The molecule has 0 aliphatic carbocycles. The lowest BCUT2D eigenvalue weighted by molar-refractivity contribution is -0.125. The molecule has 1 fully saturated rings. The Labute approximate surface area is 118 Å². The number of nitrogens with two attached hydrogens (primary N) is 1. The summed E-state index contributed by atoms with van der Waals surface area (Å²) in [6.07, 6.45) is 3.62. The molecule has 0 aromatic carbocycles. The van der Waals surface area contributed by atoms with Gasteiger partial charge in [-0.05, 0) is 32.4 Å². The topological polar surface area (TPSA) is 88.3 Å². The molecule has 0 spiro atoms. The Morgan fingerprint density at radius 3 is 2.65 bits per heavy atom. The van der Waals surface area contributed by atoms with E-state index in [0.717, 1.165) is 0 Å². The van der Waals surface area contributed by atoms with Crippen molar-refractivity contribution in [3.63, 3.8) is 0 Å². The smallest absolute Gasteiger partial charge is 0.254 e. The number of nitrogens with zero attached hydrogens (tertiary/aromatic N) is 2. The third-order valence-electron chi connectivity index (χ3n) is 3.26. The van der Waals surface area contributed by atoms with Gasteiger partial charge in [-0.2, -0.15) is 0 Å². The molecule has 2 amide bonds. The molecule has 1 aliphatic heterocycles. The molecule has 20 heavy (non-hydrogen) atoms. The molecule has 1 aromatic heterocycles. The number of amides is 2. The van der Waals surface area contributed by atoms with Crippen molar-refractivity contribution in [2.45, 2.75) is 38.4 Å². The number of hydrogen-bond donors (Lipinski definition) is 2. The molecule has 2 heterocycles. The van der Waals surface area contributed by atoms with Crippen LogP contribution in [0, 0.1) is 0 Å². The summed E-state index contributed by atoms with van der Waals surface area (Å²) in [5.41, 5.74) is 6.44. The summed E-state index contributed by atoms with van der Waals surface area (Å²) < 4.78 is 0. The molecule has 1 saturated heterocycles. The van der Waals surface area contributed by atoms with Crippen molar-refractivity contribution >= 4 is 11.8 Å². The summed E-state index contributed by atoms with van der Waals surface area (Å²) in [5, 5.41) is 2.84. The molecule has 0 saturated carbocycles. The van der Waals surface area contributed by atoms with Crippen LogP contribution in [0.15, 0.2) is 24.5 Å². The zero-order chi connectivity index (χ0) is 14.7. The van der Waals surface area contributed by atoms with E-state index in [0.29, 0.717) is 18.5 Å². The first-order valence-electron chi connectivity index (χ1n) is 6.76. The Morgan fingerprint density at radius 1 is 1.40 bits per heavy atom. The van der Waals surface area contributed by atoms with Crippen molar-refractivity contribution in [3.05, 3.63) is 30.1 Å². The molecule has 0 bridgehead atoms. The van der Waals surface area contributed by atoms with Gasteiger partial charge in [-0.1, -0.05) is 0 Å². The minimum absolute atomic E-state index is 0.0391. The van der Waals surface area contributed by atoms with Gasteiger partial charge in [0.2, 0.25) is 5.91 Å². The average Bonchev–Trinajstić information content (AvgIpc) is 2.80. The number of carbonyl (C=O) groups is 2. The molecule has 0 unspecified atom stereocenters. The van der Waals surface area contributed by atoms with Crippen molar-refractivity contribution < 1.29 is 9.59 Å². The van der Waals surface area contributed by atoms with Crippen LogP contribution in [-0.2, 0) is 4.79 Å². The van der Waals surface area contributed by atoms with Crippen molar-refractivity contribution in [2.75, 3.05) is 6.54 Å². The van der Waals surface area contributed by atoms with Crippen LogP contribution in [-0.4, -0.2) is 46.4 Å². The van der Waals surface area contributed by atoms with Gasteiger partial charge in [0, 0.05) is 36.6 Å². The highest BCUT2D eigenvalue weighted by Crippen LogP contribution is 2.19. The summed E-state index contributed by atoms with van der Waals surface area (Å²) in [5.74, 6) is -0.320. The summed E-state index contributed by atoms with van der Waals surface area (Å²) in [6.45, 7) is 4.18. The third kappa shape index (κ3) is 3.14. The van der Waals surface area contributed by atoms with Gasteiger partial charge >= 0.3 is 0 Å². The molecular weight excluding hydrogens is 256 g/mol. The first-order valence-corrected chi connectivity index (χ1v) is 6.76. The molecule has 1 aliphatic rings. The Balaban J connectivity index is 2.16. The van der Waals surface area contributed by atoms with Gasteiger partial charge < -0.3 is 16.0 Å². The maximum Gasteiger partial charge on any atom is 0.254 e. The number of rotatable bonds is 3. The second-order valence-electron chi connectivity index (χ2n) is 5.37. The van der Waals surface area contributed by atoms with Gasteiger partial charge in [0.25, 0.3) is 5.91 Å². The zero-order valence-electron chi connectivity index (χ0n) is 11.7. The number of carbonyl (C=O) groups excluding carboxylic acids is 2. The fraction of sp³-hybridized carbons (Fsp3) is 0.500. The van der Waals surface area contributed by atoms with Gasteiger partial charge in [-0.15, -0.1) is 0 Å². The molecule has 2 atom stereocenters. The van der Waals surface area contributed by atoms with Crippen molar-refractivity contribution in [2.24, 2.45) is 5.73 Å². The van der Waals surface area contributed by atoms with E-state index in [1.165, 1.54) is 0 Å². The van der Waals surface area contributed by atoms with E-state index < -0.39 is 6.04 Å². The van der Waals surface area contributed by atoms with Gasteiger partial charge in [-0.3, -0.25) is 14.6 Å². The molecule has 6 heteroatoms. The standard InChI is InChI=1S/C14H20N4O2/c1-9(2)17-13(19)12-7-11(15)8-18(12)14(20)10-3-5-16-6-4-10/h3-6,9,11-12H,7-8,15H2,1-2H3,(H,17,19)/t11-,12-/m0/s1. The van der Waals surface area contributed by atoms with Crippen LogP contribution in [0.5, 0.6) is 0 Å².